The number of rotatable bonds is 4. The van der Waals surface area contributed by atoms with Crippen molar-refractivity contribution in [1.82, 2.24) is 4.90 Å². The van der Waals surface area contributed by atoms with Gasteiger partial charge in [-0.25, -0.2) is 0 Å². The average Bonchev–Trinajstić information content (AvgIpc) is 2.24. The van der Waals surface area contributed by atoms with Crippen LogP contribution in [-0.2, 0) is 0 Å². The van der Waals surface area contributed by atoms with Crippen LogP contribution in [0.15, 0.2) is 0 Å². The molecule has 0 radical (unpaired) electrons. The average molecular weight is 197 g/mol. The van der Waals surface area contributed by atoms with Crippen molar-refractivity contribution >= 4 is 0 Å². The minimum Gasteiger partial charge on any atom is -0.295 e. The number of nitrogens with zero attached hydrogens (tertiary/aromatic N) is 1. The lowest BCUT2D eigenvalue weighted by Gasteiger charge is -2.48. The highest BCUT2D eigenvalue weighted by Gasteiger charge is 2.35. The summed E-state index contributed by atoms with van der Waals surface area (Å²) < 4.78 is 0. The van der Waals surface area contributed by atoms with Gasteiger partial charge in [-0.05, 0) is 45.6 Å². The predicted octanol–water partition coefficient (Wildman–Crippen LogP) is 3.83. The monoisotopic (exact) mass is 197 g/mol. The molecule has 0 N–H and O–H groups in total. The number of piperidine rings is 1. The van der Waals surface area contributed by atoms with Gasteiger partial charge in [-0.15, -0.1) is 0 Å². The lowest BCUT2D eigenvalue weighted by molar-refractivity contribution is 0.0147. The van der Waals surface area contributed by atoms with Crippen LogP contribution in [0.4, 0.5) is 0 Å². The highest BCUT2D eigenvalue weighted by molar-refractivity contribution is 4.91. The van der Waals surface area contributed by atoms with E-state index in [1.165, 1.54) is 45.1 Å². The molecule has 84 valence electrons. The summed E-state index contributed by atoms with van der Waals surface area (Å²) in [5, 5.41) is 0. The molecule has 0 amide bonds. The molecule has 0 saturated carbocycles. The van der Waals surface area contributed by atoms with E-state index in [0.29, 0.717) is 5.54 Å². The number of hydrogen-bond acceptors (Lipinski definition) is 1. The van der Waals surface area contributed by atoms with E-state index in [0.717, 1.165) is 6.04 Å². The second-order valence-electron chi connectivity index (χ2n) is 4.82. The van der Waals surface area contributed by atoms with Crippen LogP contribution in [0.1, 0.15) is 66.2 Å². The van der Waals surface area contributed by atoms with Gasteiger partial charge in [0.25, 0.3) is 0 Å². The van der Waals surface area contributed by atoms with E-state index in [4.69, 9.17) is 0 Å². The zero-order chi connectivity index (χ0) is 10.6. The standard InChI is InChI=1S/C13H27N/c1-5-13(6-2,7-3)14-11-9-8-10-12(14)4/h12H,5-11H2,1-4H3. The SMILES string of the molecule is CCC(CC)(CC)N1CCCCC1C. The van der Waals surface area contributed by atoms with E-state index in [-0.39, 0.29) is 0 Å². The van der Waals surface area contributed by atoms with Crippen molar-refractivity contribution < 1.29 is 0 Å². The molecule has 1 heterocycles. The molecular formula is C13H27N. The summed E-state index contributed by atoms with van der Waals surface area (Å²) in [5.41, 5.74) is 0.500. The van der Waals surface area contributed by atoms with Crippen molar-refractivity contribution in [2.24, 2.45) is 0 Å². The first-order chi connectivity index (χ1) is 6.70. The van der Waals surface area contributed by atoms with Crippen LogP contribution in [0.25, 0.3) is 0 Å². The molecule has 1 rings (SSSR count). The molecule has 1 nitrogen and oxygen atoms in total. The Morgan fingerprint density at radius 3 is 2.07 bits per heavy atom. The van der Waals surface area contributed by atoms with Crippen molar-refractivity contribution in [2.45, 2.75) is 77.8 Å². The smallest absolute Gasteiger partial charge is 0.0204 e. The Bertz CT molecular complexity index is 152. The quantitative estimate of drug-likeness (QED) is 0.662. The van der Waals surface area contributed by atoms with Gasteiger partial charge in [-0.1, -0.05) is 27.2 Å². The normalized spacial score (nSPS) is 25.3. The molecule has 14 heavy (non-hydrogen) atoms. The summed E-state index contributed by atoms with van der Waals surface area (Å²) in [4.78, 5) is 2.79. The van der Waals surface area contributed by atoms with Crippen LogP contribution in [0, 0.1) is 0 Å². The van der Waals surface area contributed by atoms with E-state index in [2.05, 4.69) is 32.6 Å². The first-order valence-electron chi connectivity index (χ1n) is 6.47. The Balaban J connectivity index is 2.74. The van der Waals surface area contributed by atoms with Gasteiger partial charge in [0.2, 0.25) is 0 Å². The van der Waals surface area contributed by atoms with Gasteiger partial charge in [0.15, 0.2) is 0 Å². The number of likely N-dealkylation sites (tertiary alicyclic amines) is 1. The topological polar surface area (TPSA) is 3.24 Å². The fourth-order valence-electron chi connectivity index (χ4n) is 3.16. The van der Waals surface area contributed by atoms with E-state index in [1.54, 1.807) is 0 Å². The van der Waals surface area contributed by atoms with Gasteiger partial charge in [-0.3, -0.25) is 4.90 Å². The summed E-state index contributed by atoms with van der Waals surface area (Å²) in [6.45, 7) is 10.8. The molecule has 0 aromatic heterocycles. The predicted molar refractivity (Wildman–Crippen MR) is 63.6 cm³/mol. The molecular weight excluding hydrogens is 170 g/mol. The maximum Gasteiger partial charge on any atom is 0.0204 e. The molecule has 1 aliphatic rings. The summed E-state index contributed by atoms with van der Waals surface area (Å²) >= 11 is 0. The molecule has 1 saturated heterocycles. The first-order valence-corrected chi connectivity index (χ1v) is 6.47. The largest absolute Gasteiger partial charge is 0.295 e. The van der Waals surface area contributed by atoms with Crippen LogP contribution >= 0.6 is 0 Å². The summed E-state index contributed by atoms with van der Waals surface area (Å²) in [6.07, 6.45) is 8.18. The number of hydrogen-bond donors (Lipinski definition) is 0. The van der Waals surface area contributed by atoms with Crippen LogP contribution < -0.4 is 0 Å². The van der Waals surface area contributed by atoms with Gasteiger partial charge >= 0.3 is 0 Å². The third-order valence-electron chi connectivity index (χ3n) is 4.39. The fraction of sp³-hybridized carbons (Fsp3) is 1.00. The van der Waals surface area contributed by atoms with Crippen LogP contribution in [-0.4, -0.2) is 23.0 Å². The third-order valence-corrected chi connectivity index (χ3v) is 4.39. The van der Waals surface area contributed by atoms with E-state index >= 15 is 0 Å². The summed E-state index contributed by atoms with van der Waals surface area (Å²) in [7, 11) is 0. The van der Waals surface area contributed by atoms with Gasteiger partial charge in [0.05, 0.1) is 0 Å². The highest BCUT2D eigenvalue weighted by atomic mass is 15.2. The molecule has 0 aromatic rings. The Kier molecular flexibility index (Phi) is 4.43. The maximum absolute atomic E-state index is 2.79. The lowest BCUT2D eigenvalue weighted by atomic mass is 9.84. The molecule has 0 bridgehead atoms. The molecule has 1 heteroatoms. The Hall–Kier alpha value is -0.0400. The summed E-state index contributed by atoms with van der Waals surface area (Å²) in [5.74, 6) is 0. The first kappa shape index (κ1) is 12.0. The van der Waals surface area contributed by atoms with Crippen molar-refractivity contribution in [2.75, 3.05) is 6.54 Å². The van der Waals surface area contributed by atoms with Gasteiger partial charge in [-0.2, -0.15) is 0 Å². The van der Waals surface area contributed by atoms with Crippen molar-refractivity contribution in [3.63, 3.8) is 0 Å². The third kappa shape index (κ3) is 2.13. The van der Waals surface area contributed by atoms with Crippen LogP contribution in [0.3, 0.4) is 0 Å². The molecule has 1 atom stereocenters. The fourth-order valence-corrected chi connectivity index (χ4v) is 3.16. The zero-order valence-electron chi connectivity index (χ0n) is 10.5. The minimum absolute atomic E-state index is 0.500. The highest BCUT2D eigenvalue weighted by Crippen LogP contribution is 2.33. The zero-order valence-corrected chi connectivity index (χ0v) is 10.5. The van der Waals surface area contributed by atoms with Crippen LogP contribution in [0.5, 0.6) is 0 Å². The van der Waals surface area contributed by atoms with Crippen molar-refractivity contribution in [1.29, 1.82) is 0 Å². The molecule has 1 aliphatic heterocycles. The van der Waals surface area contributed by atoms with Crippen LogP contribution in [0.2, 0.25) is 0 Å². The second-order valence-corrected chi connectivity index (χ2v) is 4.82. The van der Waals surface area contributed by atoms with Gasteiger partial charge in [0, 0.05) is 11.6 Å². The molecule has 0 spiro atoms. The maximum atomic E-state index is 2.79. The van der Waals surface area contributed by atoms with Gasteiger partial charge in [0.1, 0.15) is 0 Å². The minimum atomic E-state index is 0.500. The van der Waals surface area contributed by atoms with E-state index in [9.17, 15) is 0 Å². The van der Waals surface area contributed by atoms with Crippen molar-refractivity contribution in [3.8, 4) is 0 Å². The lowest BCUT2D eigenvalue weighted by Crippen LogP contribution is -2.53. The van der Waals surface area contributed by atoms with E-state index < -0.39 is 0 Å². The Morgan fingerprint density at radius 1 is 1.07 bits per heavy atom. The van der Waals surface area contributed by atoms with Crippen molar-refractivity contribution in [3.05, 3.63) is 0 Å². The Morgan fingerprint density at radius 2 is 1.64 bits per heavy atom. The Labute approximate surface area is 89.9 Å². The molecule has 1 fully saturated rings. The van der Waals surface area contributed by atoms with Gasteiger partial charge < -0.3 is 0 Å². The summed E-state index contributed by atoms with van der Waals surface area (Å²) in [6, 6.07) is 0.809. The van der Waals surface area contributed by atoms with E-state index in [1.807, 2.05) is 0 Å². The molecule has 1 unspecified atom stereocenters. The second kappa shape index (κ2) is 5.16. The molecule has 0 aliphatic carbocycles. The molecule has 0 aromatic carbocycles.